The first kappa shape index (κ1) is 15.6. The third kappa shape index (κ3) is 3.28. The minimum atomic E-state index is -3.94. The molecule has 0 aliphatic rings. The molecule has 2 aromatic heterocycles. The summed E-state index contributed by atoms with van der Waals surface area (Å²) < 4.78 is 26.7. The van der Waals surface area contributed by atoms with Crippen molar-refractivity contribution in [2.75, 3.05) is 4.72 Å². The number of carbonyl (C=O) groups excluding carboxylic acids is 1. The molecule has 21 heavy (non-hydrogen) atoms. The molecule has 2 N–H and O–H groups in total. The predicted octanol–water partition coefficient (Wildman–Crippen LogP) is 2.21. The van der Waals surface area contributed by atoms with Crippen LogP contribution in [-0.4, -0.2) is 30.3 Å². The van der Waals surface area contributed by atoms with Crippen LogP contribution in [-0.2, 0) is 10.0 Å². The van der Waals surface area contributed by atoms with Gasteiger partial charge in [-0.3, -0.25) is 9.52 Å². The average molecular weight is 346 g/mol. The summed E-state index contributed by atoms with van der Waals surface area (Å²) in [5.41, 5.74) is 0.172. The second kappa shape index (κ2) is 5.54. The van der Waals surface area contributed by atoms with E-state index in [4.69, 9.17) is 5.11 Å². The number of sulfonamides is 1. The van der Waals surface area contributed by atoms with Gasteiger partial charge in [-0.05, 0) is 13.0 Å². The molecule has 0 saturated heterocycles. The number of carboxylic acid groups (broad SMARTS) is 1. The van der Waals surface area contributed by atoms with Gasteiger partial charge < -0.3 is 5.11 Å². The molecule has 0 spiro atoms. The zero-order valence-corrected chi connectivity index (χ0v) is 13.4. The maximum atomic E-state index is 12.2. The van der Waals surface area contributed by atoms with Gasteiger partial charge in [-0.15, -0.1) is 22.7 Å². The van der Waals surface area contributed by atoms with Gasteiger partial charge in [0.05, 0.1) is 0 Å². The van der Waals surface area contributed by atoms with Gasteiger partial charge in [0, 0.05) is 17.2 Å². The first-order valence-corrected chi connectivity index (χ1v) is 8.71. The fourth-order valence-corrected chi connectivity index (χ4v) is 4.92. The maximum absolute atomic E-state index is 12.2. The Balaban J connectivity index is 2.33. The number of carboxylic acids is 1. The molecule has 2 heterocycles. The summed E-state index contributed by atoms with van der Waals surface area (Å²) in [6, 6.07) is 1.10. The Morgan fingerprint density at radius 2 is 2.05 bits per heavy atom. The highest BCUT2D eigenvalue weighted by molar-refractivity contribution is 7.93. The van der Waals surface area contributed by atoms with Crippen molar-refractivity contribution in [1.82, 2.24) is 4.98 Å². The van der Waals surface area contributed by atoms with Crippen LogP contribution in [0.5, 0.6) is 0 Å². The smallest absolute Gasteiger partial charge is 0.345 e. The van der Waals surface area contributed by atoms with E-state index in [1.807, 2.05) is 0 Å². The maximum Gasteiger partial charge on any atom is 0.345 e. The summed E-state index contributed by atoms with van der Waals surface area (Å²) in [6.07, 6.45) is 0. The zero-order valence-electron chi connectivity index (χ0n) is 10.9. The predicted molar refractivity (Wildman–Crippen MR) is 78.9 cm³/mol. The van der Waals surface area contributed by atoms with Gasteiger partial charge in [-0.25, -0.2) is 18.2 Å². The number of aromatic carboxylic acids is 1. The van der Waals surface area contributed by atoms with Crippen LogP contribution in [0.1, 0.15) is 32.0 Å². The normalized spacial score (nSPS) is 11.3. The number of carbonyl (C=O) groups is 2. The minimum absolute atomic E-state index is 0.0580. The Morgan fingerprint density at radius 1 is 1.38 bits per heavy atom. The number of nitrogens with zero attached hydrogens (tertiary/aromatic N) is 1. The van der Waals surface area contributed by atoms with Crippen LogP contribution in [0.2, 0.25) is 0 Å². The Labute approximate surface area is 128 Å². The van der Waals surface area contributed by atoms with Crippen molar-refractivity contribution < 1.29 is 23.1 Å². The number of rotatable bonds is 5. The average Bonchev–Trinajstić information content (AvgIpc) is 2.95. The first-order chi connectivity index (χ1) is 9.70. The van der Waals surface area contributed by atoms with E-state index in [-0.39, 0.29) is 26.4 Å². The van der Waals surface area contributed by atoms with Crippen molar-refractivity contribution in [2.24, 2.45) is 0 Å². The van der Waals surface area contributed by atoms with Crippen LogP contribution in [0.25, 0.3) is 0 Å². The fourth-order valence-electron chi connectivity index (χ4n) is 1.49. The van der Waals surface area contributed by atoms with Crippen molar-refractivity contribution in [3.63, 3.8) is 0 Å². The summed E-state index contributed by atoms with van der Waals surface area (Å²) in [4.78, 5) is 26.1. The molecule has 0 aliphatic carbocycles. The van der Waals surface area contributed by atoms with Gasteiger partial charge in [-0.2, -0.15) is 0 Å². The number of anilines is 1. The first-order valence-electron chi connectivity index (χ1n) is 5.53. The van der Waals surface area contributed by atoms with E-state index >= 15 is 0 Å². The number of Topliss-reactive ketones (excluding diaryl/α,β-unsaturated/α-hetero) is 1. The number of aryl methyl sites for hydroxylation is 1. The molecule has 0 unspecified atom stereocenters. The molecule has 0 amide bonds. The van der Waals surface area contributed by atoms with Crippen LogP contribution < -0.4 is 4.72 Å². The molecule has 2 rings (SSSR count). The van der Waals surface area contributed by atoms with Gasteiger partial charge in [0.25, 0.3) is 10.0 Å². The van der Waals surface area contributed by atoms with E-state index in [1.54, 1.807) is 0 Å². The molecule has 112 valence electrons. The van der Waals surface area contributed by atoms with Crippen LogP contribution in [0.3, 0.4) is 0 Å². The highest BCUT2D eigenvalue weighted by atomic mass is 32.2. The molecule has 0 aliphatic heterocycles. The van der Waals surface area contributed by atoms with Gasteiger partial charge >= 0.3 is 5.97 Å². The molecule has 0 aromatic carbocycles. The van der Waals surface area contributed by atoms with Crippen molar-refractivity contribution in [3.8, 4) is 0 Å². The highest BCUT2D eigenvalue weighted by Gasteiger charge is 2.23. The largest absolute Gasteiger partial charge is 0.477 e. The number of hydrogen-bond acceptors (Lipinski definition) is 7. The van der Waals surface area contributed by atoms with Gasteiger partial charge in [0.15, 0.2) is 10.9 Å². The Bertz CT molecular complexity index is 819. The second-order valence-corrected chi connectivity index (χ2v) is 7.80. The van der Waals surface area contributed by atoms with E-state index in [2.05, 4.69) is 9.71 Å². The Hall–Kier alpha value is -1.78. The third-order valence-electron chi connectivity index (χ3n) is 2.46. The summed E-state index contributed by atoms with van der Waals surface area (Å²) in [7, 11) is -3.94. The minimum Gasteiger partial charge on any atom is -0.477 e. The van der Waals surface area contributed by atoms with E-state index in [0.717, 1.165) is 28.7 Å². The van der Waals surface area contributed by atoms with E-state index in [1.165, 1.54) is 19.2 Å². The molecule has 7 nitrogen and oxygen atoms in total. The van der Waals surface area contributed by atoms with Crippen molar-refractivity contribution in [2.45, 2.75) is 18.7 Å². The number of hydrogen-bond donors (Lipinski definition) is 2. The Morgan fingerprint density at radius 3 is 2.52 bits per heavy atom. The number of thiazole rings is 1. The summed E-state index contributed by atoms with van der Waals surface area (Å²) in [5.74, 6) is -1.45. The fraction of sp³-hybridized carbons (Fsp3) is 0.182. The van der Waals surface area contributed by atoms with Crippen molar-refractivity contribution in [3.05, 3.63) is 26.9 Å². The second-order valence-electron chi connectivity index (χ2n) is 4.04. The molecule has 0 bridgehead atoms. The molecule has 0 atom stereocenters. The van der Waals surface area contributed by atoms with E-state index < -0.39 is 16.0 Å². The van der Waals surface area contributed by atoms with Crippen molar-refractivity contribution in [1.29, 1.82) is 0 Å². The summed E-state index contributed by atoms with van der Waals surface area (Å²) in [6.45, 7) is 2.85. The van der Waals surface area contributed by atoms with E-state index in [0.29, 0.717) is 4.88 Å². The molecule has 0 saturated carbocycles. The zero-order chi connectivity index (χ0) is 15.8. The third-order valence-corrected chi connectivity index (χ3v) is 5.98. The van der Waals surface area contributed by atoms with Gasteiger partial charge in [-0.1, -0.05) is 0 Å². The quantitative estimate of drug-likeness (QED) is 0.803. The number of thiophene rings is 1. The molecular formula is C11H10N2O5S3. The molecule has 10 heteroatoms. The lowest BCUT2D eigenvalue weighted by Crippen LogP contribution is -2.13. The lowest BCUT2D eigenvalue weighted by Gasteiger charge is -2.03. The molecule has 2 aromatic rings. The Kier molecular flexibility index (Phi) is 4.12. The van der Waals surface area contributed by atoms with Gasteiger partial charge in [0.2, 0.25) is 0 Å². The van der Waals surface area contributed by atoms with Gasteiger partial charge in [0.1, 0.15) is 15.5 Å². The number of ketones is 1. The summed E-state index contributed by atoms with van der Waals surface area (Å²) >= 11 is 1.86. The van der Waals surface area contributed by atoms with Crippen LogP contribution in [0, 0.1) is 6.92 Å². The van der Waals surface area contributed by atoms with Crippen LogP contribution >= 0.6 is 22.7 Å². The number of nitrogens with one attached hydrogen (secondary N) is 1. The lowest BCUT2D eigenvalue weighted by molar-refractivity contribution is 0.0701. The lowest BCUT2D eigenvalue weighted by atomic mass is 10.4. The van der Waals surface area contributed by atoms with Crippen LogP contribution in [0.4, 0.5) is 5.13 Å². The van der Waals surface area contributed by atoms with Crippen molar-refractivity contribution >= 4 is 49.6 Å². The SMILES string of the molecule is CC(=O)c1csc(NS(=O)(=O)c2cc(C(=O)O)sc2C)n1. The molecular weight excluding hydrogens is 336 g/mol. The molecule has 0 radical (unpaired) electrons. The van der Waals surface area contributed by atoms with E-state index in [9.17, 15) is 18.0 Å². The standard InChI is InChI=1S/C11H10N2O5S3/c1-5(14)7-4-19-11(12-7)13-21(17,18)9-3-8(10(15)16)20-6(9)2/h3-4H,1-2H3,(H,12,13)(H,15,16). The summed E-state index contributed by atoms with van der Waals surface area (Å²) in [5, 5.41) is 10.4. The highest BCUT2D eigenvalue weighted by Crippen LogP contribution is 2.28. The topological polar surface area (TPSA) is 113 Å². The van der Waals surface area contributed by atoms with Crippen LogP contribution in [0.15, 0.2) is 16.3 Å². The number of aromatic nitrogens is 1. The monoisotopic (exact) mass is 346 g/mol. The molecule has 0 fully saturated rings.